The average Bonchev–Trinajstić information content (AvgIpc) is 3.31. The van der Waals surface area contributed by atoms with Crippen molar-refractivity contribution in [2.24, 2.45) is 23.2 Å². The summed E-state index contributed by atoms with van der Waals surface area (Å²) >= 11 is 1.72. The lowest BCUT2D eigenvalue weighted by Gasteiger charge is -2.56. The maximum Gasteiger partial charge on any atom is 0.224 e. The van der Waals surface area contributed by atoms with Gasteiger partial charge in [-0.3, -0.25) is 4.79 Å². The topological polar surface area (TPSA) is 66.0 Å². The van der Waals surface area contributed by atoms with Crippen molar-refractivity contribution in [1.29, 1.82) is 0 Å². The quantitative estimate of drug-likeness (QED) is 0.331. The monoisotopic (exact) mass is 473 g/mol. The molecule has 34 heavy (non-hydrogen) atoms. The fourth-order valence-corrected chi connectivity index (χ4v) is 7.84. The van der Waals surface area contributed by atoms with Crippen LogP contribution in [-0.2, 0) is 4.79 Å². The molecule has 3 aromatic rings. The van der Waals surface area contributed by atoms with Crippen molar-refractivity contribution >= 4 is 39.7 Å². The highest BCUT2D eigenvalue weighted by Gasteiger charge is 2.51. The Morgan fingerprint density at radius 2 is 1.79 bits per heavy atom. The minimum atomic E-state index is 0.171. The van der Waals surface area contributed by atoms with Gasteiger partial charge in [-0.2, -0.15) is 0 Å². The Bertz CT molecular complexity index is 1120. The average molecular weight is 474 g/mol. The Labute approximate surface area is 205 Å². The highest BCUT2D eigenvalue weighted by molar-refractivity contribution is 7.10. The highest BCUT2D eigenvalue weighted by atomic mass is 32.1. The first-order valence-electron chi connectivity index (χ1n) is 12.7. The van der Waals surface area contributed by atoms with Crippen LogP contribution in [0.4, 0.5) is 11.5 Å². The maximum atomic E-state index is 13.1. The van der Waals surface area contributed by atoms with E-state index in [0.717, 1.165) is 53.3 Å². The second-order valence-electron chi connectivity index (χ2n) is 10.8. The molecular weight excluding hydrogens is 440 g/mol. The second kappa shape index (κ2) is 9.31. The molecule has 177 valence electrons. The Morgan fingerprint density at radius 3 is 2.53 bits per heavy atom. The molecule has 1 aromatic carbocycles. The van der Waals surface area contributed by atoms with Crippen LogP contribution in [0.15, 0.2) is 47.8 Å². The number of benzene rings is 1. The predicted molar refractivity (Wildman–Crippen MR) is 140 cm³/mol. The van der Waals surface area contributed by atoms with Crippen LogP contribution in [0.1, 0.15) is 49.8 Å². The number of thiophene rings is 1. The number of nitrogens with one attached hydrogen (secondary N) is 3. The summed E-state index contributed by atoms with van der Waals surface area (Å²) in [7, 11) is 0. The van der Waals surface area contributed by atoms with Crippen LogP contribution in [0.5, 0.6) is 0 Å². The molecule has 4 saturated carbocycles. The normalized spacial score (nSPS) is 27.2. The van der Waals surface area contributed by atoms with Gasteiger partial charge in [0.2, 0.25) is 5.91 Å². The first-order chi connectivity index (χ1) is 16.6. The second-order valence-corrected chi connectivity index (χ2v) is 11.7. The van der Waals surface area contributed by atoms with Crippen molar-refractivity contribution in [3.05, 3.63) is 59.3 Å². The third-order valence-corrected chi connectivity index (χ3v) is 8.89. The molecule has 4 bridgehead atoms. The number of hydrogen-bond acceptors (Lipinski definition) is 5. The number of carbonyl (C=O) groups excluding carboxylic acids is 1. The molecule has 0 spiro atoms. The van der Waals surface area contributed by atoms with Crippen LogP contribution in [0, 0.1) is 29.7 Å². The number of hydrogen-bond donors (Lipinski definition) is 3. The molecule has 4 aliphatic carbocycles. The molecule has 0 saturated heterocycles. The summed E-state index contributed by atoms with van der Waals surface area (Å²) in [5.74, 6) is 3.63. The molecule has 6 heteroatoms. The highest BCUT2D eigenvalue weighted by Crippen LogP contribution is 2.61. The van der Waals surface area contributed by atoms with E-state index < -0.39 is 0 Å². The van der Waals surface area contributed by atoms with Crippen molar-refractivity contribution in [2.45, 2.75) is 44.9 Å². The van der Waals surface area contributed by atoms with E-state index in [0.29, 0.717) is 6.42 Å². The third kappa shape index (κ3) is 4.71. The zero-order valence-electron chi connectivity index (χ0n) is 19.6. The number of carbonyl (C=O) groups is 1. The van der Waals surface area contributed by atoms with Gasteiger partial charge in [-0.05, 0) is 97.4 Å². The van der Waals surface area contributed by atoms with Crippen LogP contribution in [-0.4, -0.2) is 24.0 Å². The van der Waals surface area contributed by atoms with E-state index in [9.17, 15) is 4.79 Å². The number of rotatable bonds is 9. The molecule has 4 aliphatic rings. The van der Waals surface area contributed by atoms with Gasteiger partial charge in [0, 0.05) is 29.8 Å². The number of anilines is 2. The summed E-state index contributed by atoms with van der Waals surface area (Å²) in [5, 5.41) is 13.0. The van der Waals surface area contributed by atoms with Gasteiger partial charge in [0.1, 0.15) is 5.82 Å². The number of pyridine rings is 1. The van der Waals surface area contributed by atoms with Gasteiger partial charge in [-0.25, -0.2) is 4.98 Å². The van der Waals surface area contributed by atoms with Crippen LogP contribution in [0.2, 0.25) is 0 Å². The Hall–Kier alpha value is -2.44. The Morgan fingerprint density at radius 1 is 1.00 bits per heavy atom. The zero-order valence-corrected chi connectivity index (χ0v) is 20.4. The zero-order chi connectivity index (χ0) is 23.0. The summed E-state index contributed by atoms with van der Waals surface area (Å²) in [6.45, 7) is 3.64. The lowest BCUT2D eigenvalue weighted by molar-refractivity contribution is -0.124. The smallest absolute Gasteiger partial charge is 0.224 e. The lowest BCUT2D eigenvalue weighted by Crippen LogP contribution is -2.47. The van der Waals surface area contributed by atoms with Gasteiger partial charge < -0.3 is 16.0 Å². The van der Waals surface area contributed by atoms with Gasteiger partial charge in [0.05, 0.1) is 17.7 Å². The number of fused-ring (bicyclic) bond motifs is 1. The molecule has 3 N–H and O–H groups in total. The SMILES string of the molecule is O=C(CC12CC3CC(CC(C3)C1)C2)Nc1cccc2nc(NCCN[CH]c3cccs3)ccc12. The number of nitrogens with zero attached hydrogens (tertiary/aromatic N) is 1. The van der Waals surface area contributed by atoms with Gasteiger partial charge in [0.25, 0.3) is 0 Å². The minimum Gasteiger partial charge on any atom is -0.369 e. The molecule has 7 rings (SSSR count). The summed E-state index contributed by atoms with van der Waals surface area (Å²) < 4.78 is 0. The number of amides is 1. The fraction of sp³-hybridized carbons (Fsp3) is 0.464. The molecule has 0 aliphatic heterocycles. The maximum absolute atomic E-state index is 13.1. The molecule has 1 radical (unpaired) electrons. The molecule has 1 amide bonds. The molecule has 2 heterocycles. The first kappa shape index (κ1) is 22.1. The predicted octanol–water partition coefficient (Wildman–Crippen LogP) is 6.05. The minimum absolute atomic E-state index is 0.171. The van der Waals surface area contributed by atoms with Gasteiger partial charge in [-0.15, -0.1) is 11.3 Å². The van der Waals surface area contributed by atoms with Gasteiger partial charge in [0.15, 0.2) is 0 Å². The van der Waals surface area contributed by atoms with Crippen LogP contribution in [0.25, 0.3) is 10.9 Å². The van der Waals surface area contributed by atoms with E-state index in [-0.39, 0.29) is 11.3 Å². The molecule has 2 aromatic heterocycles. The summed E-state index contributed by atoms with van der Waals surface area (Å²) in [6, 6.07) is 14.2. The van der Waals surface area contributed by atoms with Crippen molar-refractivity contribution in [3.63, 3.8) is 0 Å². The molecule has 5 nitrogen and oxygen atoms in total. The van der Waals surface area contributed by atoms with Crippen molar-refractivity contribution in [1.82, 2.24) is 10.3 Å². The van der Waals surface area contributed by atoms with E-state index in [4.69, 9.17) is 4.98 Å². The fourth-order valence-electron chi connectivity index (χ4n) is 7.21. The van der Waals surface area contributed by atoms with Crippen molar-refractivity contribution in [3.8, 4) is 0 Å². The van der Waals surface area contributed by atoms with E-state index in [1.54, 1.807) is 11.3 Å². The van der Waals surface area contributed by atoms with Gasteiger partial charge >= 0.3 is 0 Å². The summed E-state index contributed by atoms with van der Waals surface area (Å²) in [4.78, 5) is 19.1. The molecular formula is C28H33N4OS. The Kier molecular flexibility index (Phi) is 6.04. The van der Waals surface area contributed by atoms with Crippen LogP contribution in [0.3, 0.4) is 0 Å². The van der Waals surface area contributed by atoms with E-state index in [1.807, 2.05) is 30.8 Å². The number of aromatic nitrogens is 1. The molecule has 4 fully saturated rings. The lowest BCUT2D eigenvalue weighted by atomic mass is 9.49. The van der Waals surface area contributed by atoms with E-state index in [1.165, 1.54) is 43.4 Å². The van der Waals surface area contributed by atoms with Crippen molar-refractivity contribution < 1.29 is 4.79 Å². The van der Waals surface area contributed by atoms with E-state index in [2.05, 4.69) is 39.5 Å². The standard InChI is InChI=1S/C28H33N4OS/c33-27(17-28-14-19-11-20(15-28)13-21(12-19)16-28)32-25-5-1-4-24-23(25)6-7-26(31-24)30-9-8-29-18-22-3-2-10-34-22/h1-7,10,18-21,29H,8-9,11-17H2,(H,30,31)(H,32,33). The molecule has 0 atom stereocenters. The van der Waals surface area contributed by atoms with Crippen LogP contribution >= 0.6 is 11.3 Å². The largest absolute Gasteiger partial charge is 0.369 e. The summed E-state index contributed by atoms with van der Waals surface area (Å²) in [5.41, 5.74) is 2.03. The summed E-state index contributed by atoms with van der Waals surface area (Å²) in [6.07, 6.45) is 8.70. The first-order valence-corrected chi connectivity index (χ1v) is 13.6. The molecule has 0 unspecified atom stereocenters. The third-order valence-electron chi connectivity index (χ3n) is 8.07. The van der Waals surface area contributed by atoms with Gasteiger partial charge in [-0.1, -0.05) is 12.1 Å². The Balaban J connectivity index is 1.06. The van der Waals surface area contributed by atoms with Crippen LogP contribution < -0.4 is 16.0 Å². The van der Waals surface area contributed by atoms with E-state index >= 15 is 0 Å². The van der Waals surface area contributed by atoms with Crippen molar-refractivity contribution in [2.75, 3.05) is 23.7 Å².